The van der Waals surface area contributed by atoms with Gasteiger partial charge in [-0.25, -0.2) is 13.8 Å². The van der Waals surface area contributed by atoms with E-state index < -0.39 is 11.6 Å². The number of benzene rings is 2. The van der Waals surface area contributed by atoms with E-state index in [4.69, 9.17) is 10.5 Å². The second-order valence-corrected chi connectivity index (χ2v) is 10.8. The van der Waals surface area contributed by atoms with E-state index in [1.54, 1.807) is 31.2 Å². The predicted molar refractivity (Wildman–Crippen MR) is 168 cm³/mol. The molecule has 0 saturated carbocycles. The van der Waals surface area contributed by atoms with Crippen LogP contribution in [0.1, 0.15) is 91.7 Å². The van der Waals surface area contributed by atoms with Gasteiger partial charge in [-0.15, -0.1) is 0 Å². The minimum Gasteiger partial charge on any atom is -0.493 e. The van der Waals surface area contributed by atoms with Crippen molar-refractivity contribution in [2.75, 3.05) is 12.3 Å². The van der Waals surface area contributed by atoms with Crippen LogP contribution in [0.2, 0.25) is 0 Å². The van der Waals surface area contributed by atoms with Crippen molar-refractivity contribution in [3.63, 3.8) is 0 Å². The second kappa shape index (κ2) is 14.7. The molecule has 0 aliphatic rings. The molecule has 0 bridgehead atoms. The zero-order valence-electron chi connectivity index (χ0n) is 25.9. The number of aromatic nitrogens is 1. The molecule has 0 aliphatic heterocycles. The molecule has 228 valence electrons. The number of anilines is 1. The number of hydrogen-bond acceptors (Lipinski definition) is 5. The largest absolute Gasteiger partial charge is 0.493 e. The molecule has 0 spiro atoms. The first-order valence-electron chi connectivity index (χ1n) is 14.5. The van der Waals surface area contributed by atoms with Gasteiger partial charge in [-0.2, -0.15) is 0 Å². The van der Waals surface area contributed by atoms with E-state index in [0.717, 1.165) is 22.8 Å². The summed E-state index contributed by atoms with van der Waals surface area (Å²) in [6, 6.07) is 10.5. The van der Waals surface area contributed by atoms with E-state index in [9.17, 15) is 18.4 Å². The topological polar surface area (TPSA) is 94.3 Å². The van der Waals surface area contributed by atoms with Crippen LogP contribution in [-0.4, -0.2) is 23.3 Å². The number of ether oxygens (including phenoxy) is 1. The van der Waals surface area contributed by atoms with Crippen molar-refractivity contribution in [2.24, 2.45) is 5.92 Å². The van der Waals surface area contributed by atoms with Crippen LogP contribution in [0.4, 0.5) is 14.6 Å². The van der Waals surface area contributed by atoms with E-state index in [2.05, 4.69) is 10.3 Å². The number of carbonyl (C=O) groups is 2. The van der Waals surface area contributed by atoms with E-state index in [0.29, 0.717) is 40.6 Å². The van der Waals surface area contributed by atoms with Crippen molar-refractivity contribution < 1.29 is 23.1 Å². The fraction of sp³-hybridized carbons (Fsp3) is 0.343. The molecule has 3 aromatic rings. The summed E-state index contributed by atoms with van der Waals surface area (Å²) in [5.41, 5.74) is 10.3. The molecule has 3 unspecified atom stereocenters. The number of allylic oxidation sites excluding steroid dienone is 4. The Morgan fingerprint density at radius 2 is 1.79 bits per heavy atom. The van der Waals surface area contributed by atoms with Gasteiger partial charge in [0.15, 0.2) is 0 Å². The summed E-state index contributed by atoms with van der Waals surface area (Å²) >= 11 is 0. The van der Waals surface area contributed by atoms with Crippen LogP contribution in [-0.2, 0) is 11.3 Å². The van der Waals surface area contributed by atoms with Crippen molar-refractivity contribution in [1.29, 1.82) is 0 Å². The maximum atomic E-state index is 14.7. The zero-order valence-corrected chi connectivity index (χ0v) is 25.9. The highest BCUT2D eigenvalue weighted by Crippen LogP contribution is 2.35. The summed E-state index contributed by atoms with van der Waals surface area (Å²) in [5, 5.41) is 2.96. The minimum atomic E-state index is -0.646. The van der Waals surface area contributed by atoms with Crippen LogP contribution in [0, 0.1) is 24.5 Å². The Labute approximate surface area is 253 Å². The fourth-order valence-electron chi connectivity index (χ4n) is 5.04. The molecular weight excluding hydrogens is 548 g/mol. The average molecular weight is 590 g/mol. The SMILES string of the molecule is C/C=C\C(=C/C(C)C(C)c1cc(C(=O)NCc2c(OCC)cc(N)nc2C)ccc1C(C)C(C)=O)c1ccc(F)cc1F. The number of nitrogens with zero attached hydrogens (tertiary/aromatic N) is 1. The summed E-state index contributed by atoms with van der Waals surface area (Å²) in [7, 11) is 0. The van der Waals surface area contributed by atoms with Crippen molar-refractivity contribution in [3.05, 3.63) is 106 Å². The van der Waals surface area contributed by atoms with Crippen LogP contribution in [0.15, 0.2) is 60.7 Å². The molecule has 1 aromatic heterocycles. The van der Waals surface area contributed by atoms with Crippen molar-refractivity contribution in [2.45, 2.75) is 66.8 Å². The Balaban J connectivity index is 1.98. The van der Waals surface area contributed by atoms with E-state index >= 15 is 0 Å². The standard InChI is InChI=1S/C35H41F2N3O3/c1-8-10-25(29-14-12-27(36)17-32(29)37)15-20(3)21(4)30-16-26(11-13-28(30)22(5)24(7)41)35(42)39-19-31-23(6)40-34(38)18-33(31)43-9-2/h8,10-18,20-22H,9,19H2,1-7H3,(H2,38,40)(H,39,42)/b10-8-,25-15+. The molecular formula is C35H41F2N3O3. The van der Waals surface area contributed by atoms with Gasteiger partial charge in [0.1, 0.15) is 29.0 Å². The third-order valence-electron chi connectivity index (χ3n) is 7.77. The molecule has 3 N–H and O–H groups in total. The van der Waals surface area contributed by atoms with Gasteiger partial charge in [-0.05, 0) is 80.5 Å². The maximum Gasteiger partial charge on any atom is 0.251 e. The quantitative estimate of drug-likeness (QED) is 0.212. The van der Waals surface area contributed by atoms with Gasteiger partial charge in [0.05, 0.1) is 6.61 Å². The summed E-state index contributed by atoms with van der Waals surface area (Å²) in [6.45, 7) is 13.6. The molecule has 0 aliphatic carbocycles. The van der Waals surface area contributed by atoms with Crippen LogP contribution in [0.25, 0.3) is 5.57 Å². The number of nitrogen functional groups attached to an aromatic ring is 1. The van der Waals surface area contributed by atoms with E-state index in [1.807, 2.05) is 59.8 Å². The number of pyridine rings is 1. The number of aryl methyl sites for hydroxylation is 1. The lowest BCUT2D eigenvalue weighted by atomic mass is 9.80. The highest BCUT2D eigenvalue weighted by Gasteiger charge is 2.24. The van der Waals surface area contributed by atoms with Gasteiger partial charge in [-0.1, -0.05) is 45.1 Å². The van der Waals surface area contributed by atoms with Crippen molar-refractivity contribution in [3.8, 4) is 5.75 Å². The third kappa shape index (κ3) is 8.15. The molecule has 0 radical (unpaired) electrons. The molecule has 0 saturated heterocycles. The van der Waals surface area contributed by atoms with Crippen LogP contribution >= 0.6 is 0 Å². The number of nitrogens with two attached hydrogens (primary N) is 1. The predicted octanol–water partition coefficient (Wildman–Crippen LogP) is 7.67. The van der Waals surface area contributed by atoms with Crippen LogP contribution in [0.3, 0.4) is 0 Å². The monoisotopic (exact) mass is 589 g/mol. The van der Waals surface area contributed by atoms with E-state index in [-0.39, 0.29) is 36.0 Å². The van der Waals surface area contributed by atoms with Crippen LogP contribution in [0.5, 0.6) is 5.75 Å². The number of ketones is 1. The first-order chi connectivity index (χ1) is 20.4. The molecule has 8 heteroatoms. The number of rotatable bonds is 12. The number of amides is 1. The maximum absolute atomic E-state index is 14.7. The molecule has 6 nitrogen and oxygen atoms in total. The number of Topliss-reactive ketones (excluding diaryl/α,β-unsaturated/α-hetero) is 1. The van der Waals surface area contributed by atoms with Crippen molar-refractivity contribution in [1.82, 2.24) is 10.3 Å². The summed E-state index contributed by atoms with van der Waals surface area (Å²) in [5.74, 6) is -1.33. The van der Waals surface area contributed by atoms with Gasteiger partial charge >= 0.3 is 0 Å². The second-order valence-electron chi connectivity index (χ2n) is 10.8. The lowest BCUT2D eigenvalue weighted by Crippen LogP contribution is -2.24. The van der Waals surface area contributed by atoms with Crippen molar-refractivity contribution >= 4 is 23.1 Å². The molecule has 3 atom stereocenters. The van der Waals surface area contributed by atoms with Gasteiger partial charge in [0, 0.05) is 47.0 Å². The number of carbonyl (C=O) groups excluding carboxylic acids is 2. The minimum absolute atomic E-state index is 0.00612. The highest BCUT2D eigenvalue weighted by atomic mass is 19.1. The summed E-state index contributed by atoms with van der Waals surface area (Å²) in [4.78, 5) is 30.1. The highest BCUT2D eigenvalue weighted by molar-refractivity contribution is 5.95. The smallest absolute Gasteiger partial charge is 0.251 e. The fourth-order valence-corrected chi connectivity index (χ4v) is 5.04. The Bertz CT molecular complexity index is 1550. The van der Waals surface area contributed by atoms with Crippen LogP contribution < -0.4 is 15.8 Å². The molecule has 0 fully saturated rings. The lowest BCUT2D eigenvalue weighted by molar-refractivity contribution is -0.118. The molecule has 2 aromatic carbocycles. The van der Waals surface area contributed by atoms with Gasteiger partial charge < -0.3 is 15.8 Å². The summed E-state index contributed by atoms with van der Waals surface area (Å²) in [6.07, 6.45) is 5.52. The normalized spacial score (nSPS) is 13.9. The summed E-state index contributed by atoms with van der Waals surface area (Å²) < 4.78 is 34.0. The molecule has 3 rings (SSSR count). The van der Waals surface area contributed by atoms with E-state index in [1.165, 1.54) is 12.1 Å². The number of nitrogens with one attached hydrogen (secondary N) is 1. The Morgan fingerprint density at radius 3 is 2.42 bits per heavy atom. The third-order valence-corrected chi connectivity index (χ3v) is 7.77. The Hall–Kier alpha value is -4.33. The molecule has 43 heavy (non-hydrogen) atoms. The van der Waals surface area contributed by atoms with Gasteiger partial charge in [0.25, 0.3) is 5.91 Å². The molecule has 1 heterocycles. The number of hydrogen-bond donors (Lipinski definition) is 2. The Morgan fingerprint density at radius 1 is 1.07 bits per heavy atom. The number of halogens is 2. The average Bonchev–Trinajstić information content (AvgIpc) is 2.95. The molecule has 1 amide bonds. The van der Waals surface area contributed by atoms with Gasteiger partial charge in [0.2, 0.25) is 0 Å². The van der Waals surface area contributed by atoms with Gasteiger partial charge in [-0.3, -0.25) is 9.59 Å². The zero-order chi connectivity index (χ0) is 31.8. The lowest BCUT2D eigenvalue weighted by Gasteiger charge is -2.24. The Kier molecular flexibility index (Phi) is 11.4. The first kappa shape index (κ1) is 33.2. The first-order valence-corrected chi connectivity index (χ1v) is 14.5.